The fraction of sp³-hybridized carbons (Fsp3) is 0.800. The van der Waals surface area contributed by atoms with Gasteiger partial charge in [-0.15, -0.1) is 0 Å². The van der Waals surface area contributed by atoms with Gasteiger partial charge in [0.2, 0.25) is 0 Å². The Bertz CT molecular complexity index is 185. The van der Waals surface area contributed by atoms with Gasteiger partial charge >= 0.3 is 6.18 Å². The lowest BCUT2D eigenvalue weighted by molar-refractivity contribution is -0.189. The number of nitrogens with one attached hydrogen (secondary N) is 1. The second-order valence-electron chi connectivity index (χ2n) is 2.19. The summed E-state index contributed by atoms with van der Waals surface area (Å²) in [4.78, 5) is 10.6. The zero-order chi connectivity index (χ0) is 8.70. The van der Waals surface area contributed by atoms with Gasteiger partial charge in [0, 0.05) is 7.05 Å². The highest BCUT2D eigenvalue weighted by molar-refractivity contribution is 5.88. The summed E-state index contributed by atoms with van der Waals surface area (Å²) in [6, 6.07) is 0. The van der Waals surface area contributed by atoms with E-state index < -0.39 is 24.3 Å². The Morgan fingerprint density at radius 2 is 2.09 bits per heavy atom. The molecule has 1 N–H and O–H groups in total. The molecule has 1 heterocycles. The molecule has 1 atom stereocenters. The quantitative estimate of drug-likeness (QED) is 0.564. The van der Waals surface area contributed by atoms with E-state index in [-0.39, 0.29) is 0 Å². The SMILES string of the molecule is CNC(=O)[C@@]1(C(F)(F)F)CO1. The smallest absolute Gasteiger partial charge is 0.356 e. The predicted octanol–water partition coefficient (Wildman–Crippen LogP) is 0.0637. The summed E-state index contributed by atoms with van der Waals surface area (Å²) in [6.07, 6.45) is -4.60. The third-order valence-electron chi connectivity index (χ3n) is 1.48. The summed E-state index contributed by atoms with van der Waals surface area (Å²) in [6.45, 7) is -0.573. The number of amides is 1. The number of likely N-dealkylation sites (N-methyl/N-ethyl adjacent to an activating group) is 1. The molecule has 0 spiro atoms. The monoisotopic (exact) mass is 169 g/mol. The van der Waals surface area contributed by atoms with Gasteiger partial charge in [-0.3, -0.25) is 4.79 Å². The number of carbonyl (C=O) groups is 1. The summed E-state index contributed by atoms with van der Waals surface area (Å²) in [5, 5.41) is 1.89. The van der Waals surface area contributed by atoms with Gasteiger partial charge in [-0.1, -0.05) is 0 Å². The van der Waals surface area contributed by atoms with E-state index >= 15 is 0 Å². The molecule has 0 radical (unpaired) electrons. The fourth-order valence-electron chi connectivity index (χ4n) is 0.698. The number of ether oxygens (including phenoxy) is 1. The number of hydrogen-bond acceptors (Lipinski definition) is 2. The Balaban J connectivity index is 2.76. The van der Waals surface area contributed by atoms with Crippen LogP contribution in [0, 0.1) is 0 Å². The molecule has 11 heavy (non-hydrogen) atoms. The van der Waals surface area contributed by atoms with E-state index in [2.05, 4.69) is 4.74 Å². The number of rotatable bonds is 1. The van der Waals surface area contributed by atoms with Crippen molar-refractivity contribution in [3.63, 3.8) is 0 Å². The van der Waals surface area contributed by atoms with E-state index in [0.29, 0.717) is 0 Å². The summed E-state index contributed by atoms with van der Waals surface area (Å²) < 4.78 is 39.9. The Morgan fingerprint density at radius 1 is 1.64 bits per heavy atom. The molecule has 0 aromatic heterocycles. The van der Waals surface area contributed by atoms with Crippen molar-refractivity contribution >= 4 is 5.91 Å². The molecule has 64 valence electrons. The highest BCUT2D eigenvalue weighted by atomic mass is 19.4. The second kappa shape index (κ2) is 2.10. The number of alkyl halides is 3. The predicted molar refractivity (Wildman–Crippen MR) is 28.8 cm³/mol. The van der Waals surface area contributed by atoms with Gasteiger partial charge in [-0.25, -0.2) is 0 Å². The van der Waals surface area contributed by atoms with Crippen LogP contribution in [0.1, 0.15) is 0 Å². The third kappa shape index (κ3) is 1.07. The number of epoxide rings is 1. The van der Waals surface area contributed by atoms with Gasteiger partial charge in [0.05, 0.1) is 6.61 Å². The molecule has 1 amide bonds. The van der Waals surface area contributed by atoms with E-state index in [9.17, 15) is 18.0 Å². The van der Waals surface area contributed by atoms with Crippen molar-refractivity contribution in [3.8, 4) is 0 Å². The van der Waals surface area contributed by atoms with Crippen molar-refractivity contribution < 1.29 is 22.7 Å². The van der Waals surface area contributed by atoms with Gasteiger partial charge < -0.3 is 10.1 Å². The lowest BCUT2D eigenvalue weighted by Crippen LogP contribution is -2.46. The Labute approximate surface area is 60.5 Å². The summed E-state index contributed by atoms with van der Waals surface area (Å²) in [5.74, 6) is -1.13. The van der Waals surface area contributed by atoms with E-state index in [0.717, 1.165) is 7.05 Å². The highest BCUT2D eigenvalue weighted by Gasteiger charge is 2.71. The van der Waals surface area contributed by atoms with Crippen LogP contribution in [0.25, 0.3) is 0 Å². The van der Waals surface area contributed by atoms with Crippen LogP contribution in [-0.2, 0) is 9.53 Å². The number of hydrogen-bond donors (Lipinski definition) is 1. The van der Waals surface area contributed by atoms with Gasteiger partial charge in [0.25, 0.3) is 11.5 Å². The molecule has 1 aliphatic heterocycles. The average molecular weight is 169 g/mol. The topological polar surface area (TPSA) is 41.6 Å². The van der Waals surface area contributed by atoms with Crippen molar-refractivity contribution in [2.24, 2.45) is 0 Å². The second-order valence-corrected chi connectivity index (χ2v) is 2.19. The van der Waals surface area contributed by atoms with Crippen molar-refractivity contribution in [1.82, 2.24) is 5.32 Å². The third-order valence-corrected chi connectivity index (χ3v) is 1.48. The molecule has 3 nitrogen and oxygen atoms in total. The standard InChI is InChI=1S/C5H6F3NO2/c1-9-3(10)4(2-11-4)5(6,7)8/h2H2,1H3,(H,9,10)/t4-/m1/s1. The first-order valence-corrected chi connectivity index (χ1v) is 2.87. The zero-order valence-corrected chi connectivity index (χ0v) is 5.66. The normalized spacial score (nSPS) is 29.8. The zero-order valence-electron chi connectivity index (χ0n) is 5.66. The molecule has 0 aliphatic carbocycles. The first kappa shape index (κ1) is 8.32. The summed E-state index contributed by atoms with van der Waals surface area (Å²) in [7, 11) is 1.14. The average Bonchev–Trinajstić information content (AvgIpc) is 2.63. The van der Waals surface area contributed by atoms with E-state index in [1.807, 2.05) is 5.32 Å². The van der Waals surface area contributed by atoms with Crippen LogP contribution < -0.4 is 5.32 Å². The highest BCUT2D eigenvalue weighted by Crippen LogP contribution is 2.43. The minimum absolute atomic E-state index is 0.573. The lowest BCUT2D eigenvalue weighted by Gasteiger charge is -2.13. The maximum absolute atomic E-state index is 11.9. The van der Waals surface area contributed by atoms with Crippen molar-refractivity contribution in [1.29, 1.82) is 0 Å². The first-order valence-electron chi connectivity index (χ1n) is 2.87. The van der Waals surface area contributed by atoms with Crippen molar-refractivity contribution in [2.75, 3.05) is 13.7 Å². The molecular weight excluding hydrogens is 163 g/mol. The molecule has 1 aliphatic rings. The number of halogens is 3. The van der Waals surface area contributed by atoms with E-state index in [1.54, 1.807) is 0 Å². The van der Waals surface area contributed by atoms with E-state index in [4.69, 9.17) is 0 Å². The van der Waals surface area contributed by atoms with Crippen LogP contribution in [0.15, 0.2) is 0 Å². The largest absolute Gasteiger partial charge is 0.428 e. The lowest BCUT2D eigenvalue weighted by atomic mass is 10.1. The van der Waals surface area contributed by atoms with Gasteiger partial charge in [-0.05, 0) is 0 Å². The molecule has 0 aromatic rings. The molecule has 0 aromatic carbocycles. The molecule has 0 unspecified atom stereocenters. The first-order chi connectivity index (χ1) is 4.94. The van der Waals surface area contributed by atoms with Crippen molar-refractivity contribution in [3.05, 3.63) is 0 Å². The van der Waals surface area contributed by atoms with Crippen LogP contribution in [0.3, 0.4) is 0 Å². The molecule has 1 fully saturated rings. The van der Waals surface area contributed by atoms with Gasteiger partial charge in [-0.2, -0.15) is 13.2 Å². The van der Waals surface area contributed by atoms with Crippen molar-refractivity contribution in [2.45, 2.75) is 11.8 Å². The molecule has 1 rings (SSSR count). The minimum atomic E-state index is -4.60. The Hall–Kier alpha value is -0.780. The minimum Gasteiger partial charge on any atom is -0.356 e. The molecule has 1 saturated heterocycles. The maximum Gasteiger partial charge on any atom is 0.428 e. The Kier molecular flexibility index (Phi) is 1.59. The Morgan fingerprint density at radius 3 is 2.18 bits per heavy atom. The van der Waals surface area contributed by atoms with Gasteiger partial charge in [0.1, 0.15) is 0 Å². The summed E-state index contributed by atoms with van der Waals surface area (Å²) >= 11 is 0. The van der Waals surface area contributed by atoms with Crippen LogP contribution >= 0.6 is 0 Å². The molecule has 6 heteroatoms. The van der Waals surface area contributed by atoms with Crippen LogP contribution in [-0.4, -0.2) is 31.3 Å². The fourth-order valence-corrected chi connectivity index (χ4v) is 0.698. The maximum atomic E-state index is 11.9. The molecule has 0 bridgehead atoms. The van der Waals surface area contributed by atoms with Crippen LogP contribution in [0.2, 0.25) is 0 Å². The van der Waals surface area contributed by atoms with Crippen LogP contribution in [0.4, 0.5) is 13.2 Å². The van der Waals surface area contributed by atoms with E-state index in [1.165, 1.54) is 0 Å². The van der Waals surface area contributed by atoms with Crippen LogP contribution in [0.5, 0.6) is 0 Å². The summed E-state index contributed by atoms with van der Waals surface area (Å²) in [5.41, 5.74) is -2.55. The molecule has 0 saturated carbocycles. The number of carbonyl (C=O) groups excluding carboxylic acids is 1. The molecular formula is C5H6F3NO2. The van der Waals surface area contributed by atoms with Gasteiger partial charge in [0.15, 0.2) is 0 Å².